The minimum Gasteiger partial charge on any atom is -0.510 e. The molecule has 1 fully saturated rings. The molecule has 7 N–H and O–H groups in total. The number of aliphatic hydroxyl groups excluding tert-OH is 4. The van der Waals surface area contributed by atoms with Crippen molar-refractivity contribution in [2.45, 2.75) is 68.7 Å². The average molecular weight is 851 g/mol. The number of hydrogen-bond donors (Lipinski definition) is 7. The maximum absolute atomic E-state index is 15.7. The molecule has 1 saturated carbocycles. The number of anilines is 1. The Hall–Kier alpha value is -5.00. The van der Waals surface area contributed by atoms with E-state index in [9.17, 15) is 51.3 Å². The van der Waals surface area contributed by atoms with Crippen molar-refractivity contribution < 1.29 is 74.6 Å². The van der Waals surface area contributed by atoms with Crippen LogP contribution in [0.2, 0.25) is 0 Å². The third kappa shape index (κ3) is 11.8. The van der Waals surface area contributed by atoms with Gasteiger partial charge in [0.15, 0.2) is 11.6 Å². The molecule has 324 valence electrons. The molecule has 1 heterocycles. The van der Waals surface area contributed by atoms with Gasteiger partial charge >= 0.3 is 12.4 Å². The number of carbonyl (C=O) groups is 2. The number of ether oxygens (including phenoxy) is 2. The molecule has 22 heteroatoms. The van der Waals surface area contributed by atoms with Gasteiger partial charge in [-0.2, -0.15) is 30.7 Å². The molecule has 1 aromatic heterocycles. The number of rotatable bonds is 20. The van der Waals surface area contributed by atoms with Crippen LogP contribution in [0.1, 0.15) is 48.9 Å². The highest BCUT2D eigenvalue weighted by atomic mass is 19.4. The van der Waals surface area contributed by atoms with E-state index >= 15 is 8.78 Å². The van der Waals surface area contributed by atoms with Crippen molar-refractivity contribution in [1.29, 1.82) is 0 Å². The number of hydrogen-bond acceptors (Lipinski definition) is 12. The van der Waals surface area contributed by atoms with Crippen LogP contribution in [0.25, 0.3) is 11.3 Å². The second-order valence-corrected chi connectivity index (χ2v) is 13.3. The summed E-state index contributed by atoms with van der Waals surface area (Å²) >= 11 is 0. The normalized spacial score (nSPS) is 15.7. The molecular weight excluding hydrogens is 808 g/mol. The molecule has 0 aliphatic heterocycles. The number of carbonyl (C=O) groups excluding carboxylic acids is 2. The summed E-state index contributed by atoms with van der Waals surface area (Å²) in [4.78, 5) is 32.4. The molecule has 1 aliphatic rings. The molecule has 4 rings (SSSR count). The van der Waals surface area contributed by atoms with Crippen molar-refractivity contribution in [2.75, 3.05) is 45.3 Å². The van der Waals surface area contributed by atoms with Gasteiger partial charge in [0.2, 0.25) is 12.2 Å². The van der Waals surface area contributed by atoms with Crippen molar-refractivity contribution in [3.63, 3.8) is 0 Å². The fourth-order valence-electron chi connectivity index (χ4n) is 6.37. The molecule has 0 spiro atoms. The van der Waals surface area contributed by atoms with E-state index in [-0.39, 0.29) is 52.2 Å². The monoisotopic (exact) mass is 850 g/mol. The third-order valence-corrected chi connectivity index (χ3v) is 9.52. The Morgan fingerprint density at radius 1 is 0.983 bits per heavy atom. The number of hydrazine groups is 1. The summed E-state index contributed by atoms with van der Waals surface area (Å²) in [6.45, 7) is -0.629. The zero-order valence-electron chi connectivity index (χ0n) is 31.3. The van der Waals surface area contributed by atoms with E-state index < -0.39 is 105 Å². The standard InChI is InChI=1S/C37H42F8N6O8/c1-51(49-20-53)35(9-2-3-10-35)32(55)24(16-21-4-7-28(31(39)30(21)38)59-15-14-58-13-11-46-34(57)27(54)8-12-52)33(56)50-25-6-5-22(36(40,41)42)17-23(25)26-18-29(37(43,44)45)48-19-47-26/h4-7,17-20,27,34,46,52,54-55,57H,2-3,8-16H2,1H3,(H,49,53)(H,50,56)/b32-24-. The molecule has 2 aromatic carbocycles. The largest absolute Gasteiger partial charge is 0.510 e. The van der Waals surface area contributed by atoms with E-state index in [0.717, 1.165) is 18.2 Å². The highest BCUT2D eigenvalue weighted by Gasteiger charge is 2.45. The molecule has 0 bridgehead atoms. The second-order valence-electron chi connectivity index (χ2n) is 13.3. The predicted molar refractivity (Wildman–Crippen MR) is 192 cm³/mol. The van der Waals surface area contributed by atoms with Crippen LogP contribution in [0.15, 0.2) is 54.1 Å². The molecule has 0 saturated heterocycles. The number of alkyl halides is 6. The predicted octanol–water partition coefficient (Wildman–Crippen LogP) is 4.41. The quantitative estimate of drug-likeness (QED) is 0.0161. The van der Waals surface area contributed by atoms with Gasteiger partial charge in [0, 0.05) is 38.6 Å². The van der Waals surface area contributed by atoms with Crippen LogP contribution < -0.4 is 20.8 Å². The summed E-state index contributed by atoms with van der Waals surface area (Å²) in [6.07, 6.45) is -11.4. The van der Waals surface area contributed by atoms with Crippen LogP contribution in [0.5, 0.6) is 5.75 Å². The van der Waals surface area contributed by atoms with Gasteiger partial charge < -0.3 is 35.2 Å². The lowest BCUT2D eigenvalue weighted by Crippen LogP contribution is -2.53. The maximum atomic E-state index is 15.7. The number of amides is 2. The Balaban J connectivity index is 1.65. The lowest BCUT2D eigenvalue weighted by molar-refractivity contribution is -0.141. The Labute approximate surface area is 331 Å². The lowest BCUT2D eigenvalue weighted by atomic mass is 9.88. The smallest absolute Gasteiger partial charge is 0.433 e. The molecule has 2 unspecified atom stereocenters. The van der Waals surface area contributed by atoms with E-state index in [1.54, 1.807) is 0 Å². The first-order chi connectivity index (χ1) is 27.8. The number of aliphatic hydroxyl groups is 4. The van der Waals surface area contributed by atoms with Gasteiger partial charge in [0.1, 0.15) is 30.6 Å². The summed E-state index contributed by atoms with van der Waals surface area (Å²) in [5.41, 5.74) is -4.80. The van der Waals surface area contributed by atoms with Crippen LogP contribution in [0, 0.1) is 11.6 Å². The number of halogens is 8. The van der Waals surface area contributed by atoms with Crippen molar-refractivity contribution in [2.24, 2.45) is 0 Å². The van der Waals surface area contributed by atoms with Gasteiger partial charge in [-0.05, 0) is 48.7 Å². The van der Waals surface area contributed by atoms with Crippen molar-refractivity contribution in [3.8, 4) is 17.0 Å². The van der Waals surface area contributed by atoms with Gasteiger partial charge in [-0.3, -0.25) is 20.3 Å². The fraction of sp³-hybridized carbons (Fsp3) is 0.459. The highest BCUT2D eigenvalue weighted by Crippen LogP contribution is 2.42. The van der Waals surface area contributed by atoms with E-state index in [0.29, 0.717) is 43.8 Å². The Bertz CT molecular complexity index is 1950. The maximum Gasteiger partial charge on any atom is 0.433 e. The number of likely N-dealkylation sites (N-methyl/N-ethyl adjacent to an activating group) is 1. The molecule has 2 atom stereocenters. The number of nitrogens with zero attached hydrogens (tertiary/aromatic N) is 3. The summed E-state index contributed by atoms with van der Waals surface area (Å²) in [6, 6.07) is 4.21. The summed E-state index contributed by atoms with van der Waals surface area (Å²) in [7, 11) is 1.38. The molecular formula is C37H42F8N6O8. The molecule has 3 aromatic rings. The van der Waals surface area contributed by atoms with Gasteiger partial charge in [-0.25, -0.2) is 19.4 Å². The zero-order valence-corrected chi connectivity index (χ0v) is 31.3. The zero-order chi connectivity index (χ0) is 43.5. The van der Waals surface area contributed by atoms with Crippen LogP contribution in [-0.4, -0.2) is 106 Å². The van der Waals surface area contributed by atoms with Crippen molar-refractivity contribution >= 4 is 18.0 Å². The van der Waals surface area contributed by atoms with Crippen LogP contribution in [0.4, 0.5) is 40.8 Å². The molecule has 59 heavy (non-hydrogen) atoms. The van der Waals surface area contributed by atoms with Gasteiger partial charge in [0.25, 0.3) is 5.91 Å². The minimum atomic E-state index is -5.02. The number of aromatic nitrogens is 2. The first-order valence-corrected chi connectivity index (χ1v) is 18.0. The first kappa shape index (κ1) is 46.7. The lowest BCUT2D eigenvalue weighted by Gasteiger charge is -2.38. The summed E-state index contributed by atoms with van der Waals surface area (Å²) in [5.74, 6) is -5.52. The van der Waals surface area contributed by atoms with Gasteiger partial charge in [-0.1, -0.05) is 18.9 Å². The van der Waals surface area contributed by atoms with E-state index in [1.807, 2.05) is 0 Å². The number of nitrogens with one attached hydrogen (secondary N) is 3. The molecule has 1 aliphatic carbocycles. The Morgan fingerprint density at radius 3 is 2.34 bits per heavy atom. The SMILES string of the molecule is CN(NC=O)C1(/C(O)=C(\Cc2ccc(OCCOCCNC(O)C(O)CCO)c(F)c2F)C(=O)Nc2ccc(C(F)(F)F)cc2-c2cc(C(F)(F)F)ncn2)CCCC1. The molecule has 0 radical (unpaired) electrons. The van der Waals surface area contributed by atoms with Crippen molar-refractivity contribution in [3.05, 3.63) is 82.5 Å². The van der Waals surface area contributed by atoms with Gasteiger partial charge in [-0.15, -0.1) is 0 Å². The van der Waals surface area contributed by atoms with Crippen LogP contribution >= 0.6 is 0 Å². The van der Waals surface area contributed by atoms with E-state index in [2.05, 4.69) is 26.0 Å². The Kier molecular flexibility index (Phi) is 16.1. The summed E-state index contributed by atoms with van der Waals surface area (Å²) < 4.78 is 124. The number of benzene rings is 2. The summed E-state index contributed by atoms with van der Waals surface area (Å²) in [5, 5.41) is 46.1. The minimum absolute atomic E-state index is 0.0173. The van der Waals surface area contributed by atoms with Gasteiger partial charge in [0.05, 0.1) is 47.4 Å². The molecule has 2 amide bonds. The van der Waals surface area contributed by atoms with Crippen LogP contribution in [0.3, 0.4) is 0 Å². The van der Waals surface area contributed by atoms with Crippen molar-refractivity contribution in [1.82, 2.24) is 25.7 Å². The van der Waals surface area contributed by atoms with E-state index in [4.69, 9.17) is 14.6 Å². The van der Waals surface area contributed by atoms with E-state index in [1.165, 1.54) is 12.1 Å². The average Bonchev–Trinajstić information content (AvgIpc) is 3.70. The highest BCUT2D eigenvalue weighted by molar-refractivity contribution is 6.06. The fourth-order valence-corrected chi connectivity index (χ4v) is 6.37. The van der Waals surface area contributed by atoms with Crippen LogP contribution in [-0.2, 0) is 33.1 Å². The molecule has 14 nitrogen and oxygen atoms in total. The Morgan fingerprint density at radius 2 is 1.69 bits per heavy atom. The third-order valence-electron chi connectivity index (χ3n) is 9.52. The topological polar surface area (TPSA) is 199 Å². The first-order valence-electron chi connectivity index (χ1n) is 18.0. The second kappa shape index (κ2) is 20.3.